The van der Waals surface area contributed by atoms with Crippen molar-refractivity contribution in [1.29, 1.82) is 0 Å². The van der Waals surface area contributed by atoms with E-state index in [-0.39, 0.29) is 7.92 Å². The van der Waals surface area contributed by atoms with Crippen molar-refractivity contribution < 1.29 is 0 Å². The molecule has 8 bridgehead atoms. The second-order valence-electron chi connectivity index (χ2n) is 19.1. The van der Waals surface area contributed by atoms with Crippen LogP contribution in [-0.2, 0) is 0 Å². The summed E-state index contributed by atoms with van der Waals surface area (Å²) in [7, 11) is 3.71. The summed E-state index contributed by atoms with van der Waals surface area (Å²) >= 11 is 0. The molecular weight excluding hydrogens is 494 g/mol. The molecule has 9 rings (SSSR count). The van der Waals surface area contributed by atoms with Crippen molar-refractivity contribution in [1.82, 2.24) is 0 Å². The van der Waals surface area contributed by atoms with Gasteiger partial charge in [0.2, 0.25) is 0 Å². The third-order valence-electron chi connectivity index (χ3n) is 14.7. The second kappa shape index (κ2) is 8.94. The van der Waals surface area contributed by atoms with E-state index in [0.29, 0.717) is 16.0 Å². The molecule has 0 spiro atoms. The average molecular weight is 557 g/mol. The number of hydrogen-bond donors (Lipinski definition) is 0. The first-order chi connectivity index (χ1) is 17.7. The molecule has 0 aromatic rings. The Hall–Kier alpha value is 0.860. The van der Waals surface area contributed by atoms with Crippen molar-refractivity contribution in [3.05, 3.63) is 0 Å². The van der Waals surface area contributed by atoms with Gasteiger partial charge < -0.3 is 0 Å². The third-order valence-corrected chi connectivity index (χ3v) is 21.0. The normalized spacial score (nSPS) is 50.7. The summed E-state index contributed by atoms with van der Waals surface area (Å²) in [5.41, 5.74) is 0.614. The van der Waals surface area contributed by atoms with E-state index < -0.39 is 0 Å². The summed E-state index contributed by atoms with van der Waals surface area (Å²) in [6.07, 6.45) is 24.4. The predicted octanol–water partition coefficient (Wildman–Crippen LogP) is 10.8. The van der Waals surface area contributed by atoms with E-state index in [2.05, 4.69) is 57.7 Å². The van der Waals surface area contributed by atoms with Gasteiger partial charge >= 0.3 is 0 Å². The molecule has 0 nitrogen and oxygen atoms in total. The van der Waals surface area contributed by atoms with Crippen LogP contribution in [0.1, 0.15) is 138 Å². The van der Waals surface area contributed by atoms with Gasteiger partial charge in [0.05, 0.1) is 0 Å². The molecule has 9 saturated carbocycles. The topological polar surface area (TPSA) is 0 Å². The van der Waals surface area contributed by atoms with Crippen LogP contribution in [0.4, 0.5) is 0 Å². The quantitative estimate of drug-likeness (QED) is 0.295. The van der Waals surface area contributed by atoms with Gasteiger partial charge in [0.25, 0.3) is 0 Å². The zero-order valence-corrected chi connectivity index (χ0v) is 28.4. The van der Waals surface area contributed by atoms with Crippen molar-refractivity contribution in [3.8, 4) is 0 Å². The molecule has 9 aliphatic carbocycles. The van der Waals surface area contributed by atoms with Gasteiger partial charge in [-0.3, -0.25) is 0 Å². The Bertz CT molecular complexity index is 788. The van der Waals surface area contributed by atoms with Gasteiger partial charge in [-0.1, -0.05) is 62.8 Å². The molecule has 0 N–H and O–H groups in total. The Morgan fingerprint density at radius 1 is 0.605 bits per heavy atom. The van der Waals surface area contributed by atoms with Crippen LogP contribution in [0.5, 0.6) is 0 Å². The minimum absolute atomic E-state index is 0.106. The molecule has 0 amide bonds. The smallest absolute Gasteiger partial charge is 0.00202 e. The Balaban J connectivity index is 1.29. The fourth-order valence-electron chi connectivity index (χ4n) is 14.4. The summed E-state index contributed by atoms with van der Waals surface area (Å²) in [5.74, 6) is 9.39. The zero-order valence-electron chi connectivity index (χ0n) is 26.3. The van der Waals surface area contributed by atoms with Crippen molar-refractivity contribution in [3.63, 3.8) is 0 Å². The molecule has 216 valence electrons. The molecule has 0 aromatic carbocycles. The maximum Gasteiger partial charge on any atom is -0.00202 e. The van der Waals surface area contributed by atoms with Gasteiger partial charge in [-0.05, 0) is 169 Å². The highest BCUT2D eigenvalue weighted by Gasteiger charge is 2.64. The van der Waals surface area contributed by atoms with E-state index in [0.717, 1.165) is 63.6 Å². The van der Waals surface area contributed by atoms with Crippen LogP contribution in [0.2, 0.25) is 0 Å². The largest absolute Gasteiger partial charge is 0.130 e. The first-order valence-electron chi connectivity index (χ1n) is 17.3. The molecule has 0 aliphatic heterocycles. The number of hydrogen-bond acceptors (Lipinski definition) is 0. The Kier molecular flexibility index (Phi) is 6.51. The zero-order chi connectivity index (χ0) is 26.9. The van der Waals surface area contributed by atoms with Crippen LogP contribution in [0.3, 0.4) is 0 Å². The standard InChI is InChI=1S/C36H62P2/c1-23-8-9-30(31(23)36(37,32(2,3)4)33(5,6)7)22-38(34-16-24-10-25(17-34)12-26(11-24)18-34)35-19-27-13-28(20-35)15-29(14-27)21-35/h23-31H,8-22,37H2,1-7H3. The summed E-state index contributed by atoms with van der Waals surface area (Å²) < 4.78 is 0. The molecule has 0 radical (unpaired) electrons. The van der Waals surface area contributed by atoms with Crippen LogP contribution in [0.15, 0.2) is 0 Å². The Morgan fingerprint density at radius 3 is 1.26 bits per heavy atom. The first kappa shape index (κ1) is 27.7. The lowest BCUT2D eigenvalue weighted by molar-refractivity contribution is 0.0171. The van der Waals surface area contributed by atoms with E-state index in [1.54, 1.807) is 83.2 Å². The minimum atomic E-state index is 0.106. The van der Waals surface area contributed by atoms with Crippen LogP contribution in [-0.4, -0.2) is 21.6 Å². The van der Waals surface area contributed by atoms with Gasteiger partial charge in [-0.25, -0.2) is 0 Å². The van der Waals surface area contributed by atoms with Crippen molar-refractivity contribution in [2.75, 3.05) is 6.16 Å². The monoisotopic (exact) mass is 556 g/mol. The highest BCUT2D eigenvalue weighted by atomic mass is 31.1. The first-order valence-corrected chi connectivity index (χ1v) is 19.4. The van der Waals surface area contributed by atoms with Gasteiger partial charge in [-0.2, -0.15) is 0 Å². The van der Waals surface area contributed by atoms with Crippen LogP contribution in [0, 0.1) is 64.1 Å². The molecule has 9 aliphatic rings. The maximum absolute atomic E-state index is 3.60. The van der Waals surface area contributed by atoms with Gasteiger partial charge in [0, 0.05) is 0 Å². The lowest BCUT2D eigenvalue weighted by Gasteiger charge is -2.68. The van der Waals surface area contributed by atoms with Crippen molar-refractivity contribution in [2.24, 2.45) is 64.1 Å². The SMILES string of the molecule is CC1CCC(CP(C23CC4CC(CC(C4)C2)C3)C23CC4CC(CC(C4)C2)C3)C1C(P)(C(C)(C)C)C(C)(C)C. The van der Waals surface area contributed by atoms with Crippen LogP contribution in [0.25, 0.3) is 0 Å². The van der Waals surface area contributed by atoms with E-state index in [4.69, 9.17) is 0 Å². The van der Waals surface area contributed by atoms with Crippen LogP contribution < -0.4 is 0 Å². The van der Waals surface area contributed by atoms with E-state index in [1.165, 1.54) is 12.8 Å². The van der Waals surface area contributed by atoms with Gasteiger partial charge in [-0.15, -0.1) is 9.24 Å². The summed E-state index contributed by atoms with van der Waals surface area (Å²) in [6, 6.07) is 0. The molecule has 9 fully saturated rings. The van der Waals surface area contributed by atoms with Gasteiger partial charge in [0.1, 0.15) is 0 Å². The maximum atomic E-state index is 3.60. The third kappa shape index (κ3) is 4.07. The summed E-state index contributed by atoms with van der Waals surface area (Å²) in [4.78, 5) is 0. The molecule has 38 heavy (non-hydrogen) atoms. The molecule has 4 unspecified atom stereocenters. The molecule has 4 atom stereocenters. The molecule has 0 heterocycles. The Labute approximate surface area is 240 Å². The Morgan fingerprint density at radius 2 is 0.947 bits per heavy atom. The van der Waals surface area contributed by atoms with Crippen molar-refractivity contribution in [2.45, 2.75) is 154 Å². The summed E-state index contributed by atoms with van der Waals surface area (Å²) in [6.45, 7) is 18.1. The number of rotatable bonds is 5. The predicted molar refractivity (Wildman–Crippen MR) is 170 cm³/mol. The lowest BCUT2D eigenvalue weighted by atomic mass is 9.55. The van der Waals surface area contributed by atoms with Crippen LogP contribution >= 0.6 is 17.2 Å². The molecule has 0 aromatic heterocycles. The fourth-order valence-corrected chi connectivity index (χ4v) is 20.5. The van der Waals surface area contributed by atoms with E-state index >= 15 is 0 Å². The summed E-state index contributed by atoms with van der Waals surface area (Å²) in [5, 5.41) is 1.88. The average Bonchev–Trinajstić information content (AvgIpc) is 3.13. The van der Waals surface area contributed by atoms with Crippen molar-refractivity contribution >= 4 is 17.2 Å². The van der Waals surface area contributed by atoms with Gasteiger partial charge in [0.15, 0.2) is 0 Å². The lowest BCUT2D eigenvalue weighted by Crippen LogP contribution is -2.58. The highest BCUT2D eigenvalue weighted by molar-refractivity contribution is 7.61. The molecule has 2 heteroatoms. The fraction of sp³-hybridized carbons (Fsp3) is 1.00. The van der Waals surface area contributed by atoms with E-state index in [1.807, 2.05) is 0 Å². The molecule has 0 saturated heterocycles. The van der Waals surface area contributed by atoms with E-state index in [9.17, 15) is 0 Å². The minimum Gasteiger partial charge on any atom is -0.130 e. The second-order valence-corrected chi connectivity index (χ2v) is 23.1. The highest BCUT2D eigenvalue weighted by Crippen LogP contribution is 2.80. The molecular formula is C36H62P2.